The first-order chi connectivity index (χ1) is 19.3. The molecule has 1 N–H and O–H groups in total. The quantitative estimate of drug-likeness (QED) is 0.191. The van der Waals surface area contributed by atoms with Gasteiger partial charge in [-0.3, -0.25) is 4.79 Å². The van der Waals surface area contributed by atoms with E-state index in [2.05, 4.69) is 5.32 Å². The molecule has 1 atom stereocenters. The highest BCUT2D eigenvalue weighted by molar-refractivity contribution is 7.87. The van der Waals surface area contributed by atoms with Crippen molar-refractivity contribution in [2.24, 2.45) is 0 Å². The van der Waals surface area contributed by atoms with E-state index < -0.39 is 28.1 Å². The number of ether oxygens (including phenoxy) is 2. The zero-order chi connectivity index (χ0) is 28.4. The highest BCUT2D eigenvalue weighted by Crippen LogP contribution is 2.24. The second-order valence-corrected chi connectivity index (χ2v) is 10.6. The summed E-state index contributed by atoms with van der Waals surface area (Å²) in [6.45, 7) is 1.90. The summed E-state index contributed by atoms with van der Waals surface area (Å²) in [6, 6.07) is 30.8. The molecule has 0 heterocycles. The summed E-state index contributed by atoms with van der Waals surface area (Å²) in [4.78, 5) is 25.5. The van der Waals surface area contributed by atoms with E-state index in [0.717, 1.165) is 16.7 Å². The minimum atomic E-state index is -4.03. The normalized spacial score (nSPS) is 11.7. The van der Waals surface area contributed by atoms with E-state index >= 15 is 0 Å². The van der Waals surface area contributed by atoms with Crippen LogP contribution in [0.15, 0.2) is 114 Å². The first-order valence-corrected chi connectivity index (χ1v) is 14.0. The Morgan fingerprint density at radius 3 is 1.85 bits per heavy atom. The molecule has 0 fully saturated rings. The van der Waals surface area contributed by atoms with E-state index in [0.29, 0.717) is 5.56 Å². The molecular weight excluding hydrogens is 530 g/mol. The van der Waals surface area contributed by atoms with Crippen LogP contribution in [0.4, 0.5) is 4.79 Å². The van der Waals surface area contributed by atoms with Gasteiger partial charge >= 0.3 is 22.2 Å². The average Bonchev–Trinajstić information content (AvgIpc) is 2.97. The SMILES string of the molecule is Cc1ccc(S(=O)(=O)Oc2ccc(C(CNC(=O)OCc3ccccc3)C(=O)OCc3ccccc3)cc2)cc1. The average molecular weight is 560 g/mol. The summed E-state index contributed by atoms with van der Waals surface area (Å²) in [5.41, 5.74) is 3.06. The van der Waals surface area contributed by atoms with E-state index in [1.54, 1.807) is 24.3 Å². The molecule has 0 saturated heterocycles. The number of carbonyl (C=O) groups is 2. The number of rotatable bonds is 11. The molecule has 8 nitrogen and oxygen atoms in total. The van der Waals surface area contributed by atoms with Crippen LogP contribution in [-0.2, 0) is 37.6 Å². The summed E-state index contributed by atoms with van der Waals surface area (Å²) in [5.74, 6) is -1.36. The molecule has 0 spiro atoms. The van der Waals surface area contributed by atoms with Gasteiger partial charge < -0.3 is 19.0 Å². The molecule has 4 rings (SSSR count). The van der Waals surface area contributed by atoms with E-state index in [9.17, 15) is 18.0 Å². The number of hydrogen-bond donors (Lipinski definition) is 1. The number of hydrogen-bond acceptors (Lipinski definition) is 7. The van der Waals surface area contributed by atoms with Crippen molar-refractivity contribution in [2.45, 2.75) is 31.0 Å². The van der Waals surface area contributed by atoms with Crippen LogP contribution >= 0.6 is 0 Å². The van der Waals surface area contributed by atoms with Gasteiger partial charge in [-0.25, -0.2) is 4.79 Å². The molecule has 1 amide bonds. The summed E-state index contributed by atoms with van der Waals surface area (Å²) >= 11 is 0. The van der Waals surface area contributed by atoms with Crippen molar-refractivity contribution in [3.8, 4) is 5.75 Å². The first kappa shape index (κ1) is 28.4. The number of amides is 1. The largest absolute Gasteiger partial charge is 0.460 e. The van der Waals surface area contributed by atoms with Gasteiger partial charge in [0.1, 0.15) is 23.9 Å². The zero-order valence-electron chi connectivity index (χ0n) is 21.9. The minimum Gasteiger partial charge on any atom is -0.460 e. The summed E-state index contributed by atoms with van der Waals surface area (Å²) in [7, 11) is -4.03. The number of alkyl carbamates (subject to hydrolysis) is 1. The van der Waals surface area contributed by atoms with Crippen LogP contribution in [0.2, 0.25) is 0 Å². The molecule has 0 saturated carbocycles. The number of nitrogens with one attached hydrogen (secondary N) is 1. The maximum atomic E-state index is 13.1. The monoisotopic (exact) mass is 559 g/mol. The Balaban J connectivity index is 1.44. The lowest BCUT2D eigenvalue weighted by molar-refractivity contribution is -0.146. The van der Waals surface area contributed by atoms with Gasteiger partial charge in [0.2, 0.25) is 0 Å². The fourth-order valence-corrected chi connectivity index (χ4v) is 4.69. The van der Waals surface area contributed by atoms with Gasteiger partial charge in [-0.2, -0.15) is 8.42 Å². The molecule has 0 aromatic heterocycles. The molecule has 0 aliphatic carbocycles. The fraction of sp³-hybridized carbons (Fsp3) is 0.161. The Morgan fingerprint density at radius 2 is 1.27 bits per heavy atom. The summed E-state index contributed by atoms with van der Waals surface area (Å²) < 4.78 is 41.3. The van der Waals surface area contributed by atoms with Crippen molar-refractivity contribution in [3.63, 3.8) is 0 Å². The number of carbonyl (C=O) groups excluding carboxylic acids is 2. The maximum Gasteiger partial charge on any atom is 0.407 e. The standard InChI is InChI=1S/C31H29NO7S/c1-23-12-18-28(19-13-23)40(35,36)39-27-16-14-26(15-17-27)29(30(33)37-21-24-8-4-2-5-9-24)20-32-31(34)38-22-25-10-6-3-7-11-25/h2-19,29H,20-22H2,1H3,(H,32,34). The number of esters is 1. The third-order valence-electron chi connectivity index (χ3n) is 5.97. The molecule has 40 heavy (non-hydrogen) atoms. The Bertz CT molecular complexity index is 1510. The zero-order valence-corrected chi connectivity index (χ0v) is 22.7. The molecule has 9 heteroatoms. The number of benzene rings is 4. The lowest BCUT2D eigenvalue weighted by Crippen LogP contribution is -2.33. The van der Waals surface area contributed by atoms with Crippen molar-refractivity contribution in [1.82, 2.24) is 5.32 Å². The second-order valence-electron chi connectivity index (χ2n) is 9.01. The van der Waals surface area contributed by atoms with Gasteiger partial charge in [-0.1, -0.05) is 90.5 Å². The van der Waals surface area contributed by atoms with Gasteiger partial charge in [-0.15, -0.1) is 0 Å². The van der Waals surface area contributed by atoms with Gasteiger partial charge in [0.25, 0.3) is 0 Å². The lowest BCUT2D eigenvalue weighted by Gasteiger charge is -2.18. The Morgan fingerprint density at radius 1 is 0.725 bits per heavy atom. The smallest absolute Gasteiger partial charge is 0.407 e. The predicted molar refractivity (Wildman–Crippen MR) is 149 cm³/mol. The molecular formula is C31H29NO7S. The molecule has 4 aromatic rings. The highest BCUT2D eigenvalue weighted by atomic mass is 32.2. The Kier molecular flexibility index (Phi) is 9.53. The van der Waals surface area contributed by atoms with Crippen molar-refractivity contribution in [2.75, 3.05) is 6.54 Å². The predicted octanol–water partition coefficient (Wildman–Crippen LogP) is 5.52. The minimum absolute atomic E-state index is 0.0303. The van der Waals surface area contributed by atoms with E-state index in [1.165, 1.54) is 24.3 Å². The van der Waals surface area contributed by atoms with Crippen LogP contribution in [0, 0.1) is 6.92 Å². The molecule has 0 bridgehead atoms. The lowest BCUT2D eigenvalue weighted by atomic mass is 9.99. The molecule has 0 radical (unpaired) electrons. The van der Waals surface area contributed by atoms with Crippen LogP contribution in [0.5, 0.6) is 5.75 Å². The second kappa shape index (κ2) is 13.4. The van der Waals surface area contributed by atoms with Crippen LogP contribution in [0.3, 0.4) is 0 Å². The van der Waals surface area contributed by atoms with Gasteiger partial charge in [-0.05, 0) is 47.9 Å². The summed E-state index contributed by atoms with van der Waals surface area (Å²) in [6.07, 6.45) is -0.686. The highest BCUT2D eigenvalue weighted by Gasteiger charge is 2.24. The van der Waals surface area contributed by atoms with Crippen LogP contribution in [0.1, 0.15) is 28.2 Å². The fourth-order valence-electron chi connectivity index (χ4n) is 3.76. The first-order valence-electron chi connectivity index (χ1n) is 12.6. The van der Waals surface area contributed by atoms with Crippen LogP contribution in [0.25, 0.3) is 0 Å². The molecule has 0 aliphatic heterocycles. The third-order valence-corrected chi connectivity index (χ3v) is 7.23. The van der Waals surface area contributed by atoms with Crippen LogP contribution < -0.4 is 9.50 Å². The molecule has 206 valence electrons. The van der Waals surface area contributed by atoms with Gasteiger partial charge in [0, 0.05) is 6.54 Å². The van der Waals surface area contributed by atoms with Crippen molar-refractivity contribution in [3.05, 3.63) is 131 Å². The van der Waals surface area contributed by atoms with Crippen molar-refractivity contribution in [1.29, 1.82) is 0 Å². The summed E-state index contributed by atoms with van der Waals surface area (Å²) in [5, 5.41) is 2.62. The van der Waals surface area contributed by atoms with Gasteiger partial charge in [0.05, 0.1) is 5.92 Å². The van der Waals surface area contributed by atoms with E-state index in [-0.39, 0.29) is 30.4 Å². The topological polar surface area (TPSA) is 108 Å². The maximum absolute atomic E-state index is 13.1. The Labute approximate surface area is 233 Å². The molecule has 0 aliphatic rings. The van der Waals surface area contributed by atoms with E-state index in [1.807, 2.05) is 67.6 Å². The number of aryl methyl sites for hydroxylation is 1. The van der Waals surface area contributed by atoms with Gasteiger partial charge in [0.15, 0.2) is 0 Å². The van der Waals surface area contributed by atoms with E-state index in [4.69, 9.17) is 13.7 Å². The van der Waals surface area contributed by atoms with Crippen LogP contribution in [-0.4, -0.2) is 27.0 Å². The van der Waals surface area contributed by atoms with Crippen molar-refractivity contribution < 1.29 is 31.7 Å². The third kappa shape index (κ3) is 8.18. The Hall–Kier alpha value is -4.63. The molecule has 1 unspecified atom stereocenters. The van der Waals surface area contributed by atoms with Crippen molar-refractivity contribution >= 4 is 22.2 Å². The molecule has 4 aromatic carbocycles.